The van der Waals surface area contributed by atoms with Crippen molar-refractivity contribution in [1.82, 2.24) is 14.9 Å². The monoisotopic (exact) mass is 249 g/mol. The third kappa shape index (κ3) is 3.17. The third-order valence-electron chi connectivity index (χ3n) is 3.64. The quantitative estimate of drug-likeness (QED) is 0.833. The van der Waals surface area contributed by atoms with Gasteiger partial charge in [-0.25, -0.2) is 9.97 Å². The van der Waals surface area contributed by atoms with Gasteiger partial charge in [0, 0.05) is 44.6 Å². The van der Waals surface area contributed by atoms with Crippen molar-refractivity contribution in [2.75, 3.05) is 37.6 Å². The molecule has 5 heteroatoms. The van der Waals surface area contributed by atoms with Gasteiger partial charge in [-0.1, -0.05) is 6.92 Å². The largest absolute Gasteiger partial charge is 0.338 e. The Labute approximate surface area is 109 Å². The fraction of sp³-hybridized carbons (Fsp3) is 0.692. The minimum Gasteiger partial charge on any atom is -0.338 e. The molecule has 1 atom stereocenters. The van der Waals surface area contributed by atoms with Crippen LogP contribution in [0.3, 0.4) is 0 Å². The van der Waals surface area contributed by atoms with E-state index in [1.165, 1.54) is 6.42 Å². The molecule has 2 N–H and O–H groups in total. The summed E-state index contributed by atoms with van der Waals surface area (Å²) >= 11 is 0. The van der Waals surface area contributed by atoms with Gasteiger partial charge in [-0.3, -0.25) is 4.90 Å². The number of aromatic nitrogens is 2. The summed E-state index contributed by atoms with van der Waals surface area (Å²) in [6.45, 7) is 7.19. The Balaban J connectivity index is 1.88. The van der Waals surface area contributed by atoms with E-state index in [-0.39, 0.29) is 0 Å². The first kappa shape index (κ1) is 13.2. The molecule has 0 radical (unpaired) electrons. The Morgan fingerprint density at radius 1 is 1.22 bits per heavy atom. The Bertz CT molecular complexity index is 334. The molecule has 18 heavy (non-hydrogen) atoms. The minimum atomic E-state index is 0.633. The van der Waals surface area contributed by atoms with Crippen LogP contribution in [0.25, 0.3) is 0 Å². The molecule has 0 bridgehead atoms. The average molecular weight is 249 g/mol. The lowest BCUT2D eigenvalue weighted by Crippen LogP contribution is -2.51. The smallest absolute Gasteiger partial charge is 0.225 e. The van der Waals surface area contributed by atoms with Crippen LogP contribution in [-0.2, 0) is 0 Å². The molecule has 0 spiro atoms. The molecule has 1 aliphatic heterocycles. The van der Waals surface area contributed by atoms with Gasteiger partial charge >= 0.3 is 0 Å². The van der Waals surface area contributed by atoms with E-state index in [4.69, 9.17) is 5.73 Å². The van der Waals surface area contributed by atoms with Crippen molar-refractivity contribution in [3.05, 3.63) is 18.5 Å². The summed E-state index contributed by atoms with van der Waals surface area (Å²) in [5, 5.41) is 0. The van der Waals surface area contributed by atoms with E-state index in [0.29, 0.717) is 6.04 Å². The van der Waals surface area contributed by atoms with Crippen LogP contribution < -0.4 is 10.6 Å². The second-order valence-corrected chi connectivity index (χ2v) is 4.71. The molecule has 1 fully saturated rings. The normalized spacial score (nSPS) is 18.9. The van der Waals surface area contributed by atoms with Gasteiger partial charge in [0.2, 0.25) is 5.95 Å². The van der Waals surface area contributed by atoms with Crippen molar-refractivity contribution in [1.29, 1.82) is 0 Å². The lowest BCUT2D eigenvalue weighted by molar-refractivity contribution is 0.172. The highest BCUT2D eigenvalue weighted by molar-refractivity contribution is 5.29. The Morgan fingerprint density at radius 2 is 1.89 bits per heavy atom. The first-order chi connectivity index (χ1) is 8.85. The zero-order valence-electron chi connectivity index (χ0n) is 11.1. The van der Waals surface area contributed by atoms with E-state index in [1.54, 1.807) is 12.4 Å². The molecular formula is C13H23N5. The summed E-state index contributed by atoms with van der Waals surface area (Å²) in [5.41, 5.74) is 5.67. The van der Waals surface area contributed by atoms with E-state index >= 15 is 0 Å². The highest BCUT2D eigenvalue weighted by Gasteiger charge is 2.23. The fourth-order valence-corrected chi connectivity index (χ4v) is 2.58. The standard InChI is InChI=1S/C13H23N5/c1-2-12(4-5-14)17-8-10-18(11-9-17)13-15-6-3-7-16-13/h3,6-7,12H,2,4-5,8-11,14H2,1H3. The van der Waals surface area contributed by atoms with Crippen molar-refractivity contribution in [2.24, 2.45) is 5.73 Å². The van der Waals surface area contributed by atoms with Crippen LogP contribution in [0, 0.1) is 0 Å². The fourth-order valence-electron chi connectivity index (χ4n) is 2.58. The Kier molecular flexibility index (Phi) is 4.90. The molecule has 2 heterocycles. The van der Waals surface area contributed by atoms with E-state index < -0.39 is 0 Å². The topological polar surface area (TPSA) is 58.3 Å². The van der Waals surface area contributed by atoms with E-state index in [0.717, 1.165) is 45.1 Å². The zero-order valence-corrected chi connectivity index (χ0v) is 11.1. The van der Waals surface area contributed by atoms with E-state index in [2.05, 4.69) is 26.7 Å². The Hall–Kier alpha value is -1.20. The van der Waals surface area contributed by atoms with Gasteiger partial charge in [0.25, 0.3) is 0 Å². The number of hydrogen-bond acceptors (Lipinski definition) is 5. The maximum absolute atomic E-state index is 5.67. The first-order valence-corrected chi connectivity index (χ1v) is 6.81. The number of hydrogen-bond donors (Lipinski definition) is 1. The summed E-state index contributed by atoms with van der Waals surface area (Å²) in [7, 11) is 0. The minimum absolute atomic E-state index is 0.633. The number of nitrogens with zero attached hydrogens (tertiary/aromatic N) is 4. The van der Waals surface area contributed by atoms with Crippen LogP contribution in [0.4, 0.5) is 5.95 Å². The second-order valence-electron chi connectivity index (χ2n) is 4.71. The second kappa shape index (κ2) is 6.66. The predicted octanol–water partition coefficient (Wildman–Crippen LogP) is 0.726. The van der Waals surface area contributed by atoms with E-state index in [9.17, 15) is 0 Å². The maximum atomic E-state index is 5.67. The molecule has 0 aliphatic carbocycles. The molecule has 0 saturated carbocycles. The molecule has 1 aliphatic rings. The summed E-state index contributed by atoms with van der Waals surface area (Å²) in [5.74, 6) is 0.851. The van der Waals surface area contributed by atoms with Gasteiger partial charge in [0.05, 0.1) is 0 Å². The Morgan fingerprint density at radius 3 is 2.44 bits per heavy atom. The van der Waals surface area contributed by atoms with Gasteiger partial charge in [-0.15, -0.1) is 0 Å². The number of nitrogens with two attached hydrogens (primary N) is 1. The molecule has 1 unspecified atom stereocenters. The van der Waals surface area contributed by atoms with Crippen LogP contribution in [0.2, 0.25) is 0 Å². The van der Waals surface area contributed by atoms with Gasteiger partial charge in [-0.05, 0) is 25.5 Å². The summed E-state index contributed by atoms with van der Waals surface area (Å²) in [6.07, 6.45) is 5.88. The molecule has 100 valence electrons. The SMILES string of the molecule is CCC(CCN)N1CCN(c2ncccn2)CC1. The molecule has 2 rings (SSSR count). The van der Waals surface area contributed by atoms with Crippen molar-refractivity contribution in [3.63, 3.8) is 0 Å². The molecular weight excluding hydrogens is 226 g/mol. The summed E-state index contributed by atoms with van der Waals surface area (Å²) in [4.78, 5) is 13.4. The van der Waals surface area contributed by atoms with Crippen LogP contribution in [0.15, 0.2) is 18.5 Å². The highest BCUT2D eigenvalue weighted by atomic mass is 15.3. The third-order valence-corrected chi connectivity index (χ3v) is 3.64. The first-order valence-electron chi connectivity index (χ1n) is 6.81. The highest BCUT2D eigenvalue weighted by Crippen LogP contribution is 2.14. The molecule has 0 amide bonds. The molecule has 1 aromatic heterocycles. The van der Waals surface area contributed by atoms with Gasteiger partial charge in [0.15, 0.2) is 0 Å². The predicted molar refractivity (Wildman–Crippen MR) is 73.6 cm³/mol. The van der Waals surface area contributed by atoms with Crippen LogP contribution in [0.5, 0.6) is 0 Å². The van der Waals surface area contributed by atoms with E-state index in [1.807, 2.05) is 6.07 Å². The maximum Gasteiger partial charge on any atom is 0.225 e. The van der Waals surface area contributed by atoms with Gasteiger partial charge in [-0.2, -0.15) is 0 Å². The van der Waals surface area contributed by atoms with Gasteiger partial charge in [0.1, 0.15) is 0 Å². The lowest BCUT2D eigenvalue weighted by atomic mass is 10.1. The van der Waals surface area contributed by atoms with Crippen LogP contribution in [-0.4, -0.2) is 53.6 Å². The molecule has 0 aromatic carbocycles. The zero-order chi connectivity index (χ0) is 12.8. The van der Waals surface area contributed by atoms with Gasteiger partial charge < -0.3 is 10.6 Å². The van der Waals surface area contributed by atoms with Crippen molar-refractivity contribution < 1.29 is 0 Å². The van der Waals surface area contributed by atoms with Crippen LogP contribution in [0.1, 0.15) is 19.8 Å². The summed E-state index contributed by atoms with van der Waals surface area (Å²) < 4.78 is 0. The number of piperazine rings is 1. The lowest BCUT2D eigenvalue weighted by Gasteiger charge is -2.39. The van der Waals surface area contributed by atoms with Crippen molar-refractivity contribution in [2.45, 2.75) is 25.8 Å². The average Bonchev–Trinajstić information content (AvgIpc) is 2.46. The van der Waals surface area contributed by atoms with Crippen LogP contribution >= 0.6 is 0 Å². The molecule has 5 nitrogen and oxygen atoms in total. The number of anilines is 1. The van der Waals surface area contributed by atoms with Crippen molar-refractivity contribution >= 4 is 5.95 Å². The molecule has 1 saturated heterocycles. The summed E-state index contributed by atoms with van der Waals surface area (Å²) in [6, 6.07) is 2.49. The van der Waals surface area contributed by atoms with Crippen molar-refractivity contribution in [3.8, 4) is 0 Å². The number of rotatable bonds is 5. The molecule has 1 aromatic rings.